The van der Waals surface area contributed by atoms with Crippen LogP contribution >= 0.6 is 23.4 Å². The van der Waals surface area contributed by atoms with Crippen molar-refractivity contribution >= 4 is 29.1 Å². The first kappa shape index (κ1) is 16.9. The van der Waals surface area contributed by atoms with E-state index in [1.54, 1.807) is 30.1 Å². The number of thioether (sulfide) groups is 1. The van der Waals surface area contributed by atoms with Crippen molar-refractivity contribution in [3.05, 3.63) is 51.9 Å². The largest absolute Gasteiger partial charge is 0.396 e. The molecule has 0 bridgehead atoms. The van der Waals surface area contributed by atoms with Gasteiger partial charge in [0, 0.05) is 18.4 Å². The molecule has 0 fully saturated rings. The first-order valence-electron chi connectivity index (χ1n) is 6.87. The molecule has 0 spiro atoms. The van der Waals surface area contributed by atoms with Gasteiger partial charge in [0.25, 0.3) is 5.56 Å². The maximum atomic E-state index is 12.4. The summed E-state index contributed by atoms with van der Waals surface area (Å²) < 4.78 is 1.27. The lowest BCUT2D eigenvalue weighted by Gasteiger charge is -2.18. The van der Waals surface area contributed by atoms with Crippen molar-refractivity contribution in [2.75, 3.05) is 23.9 Å². The summed E-state index contributed by atoms with van der Waals surface area (Å²) in [5, 5.41) is 16.5. The fraction of sp³-hybridized carbons (Fsp3) is 0.333. The highest BCUT2D eigenvalue weighted by Gasteiger charge is 2.14. The van der Waals surface area contributed by atoms with E-state index in [1.165, 1.54) is 4.68 Å². The zero-order chi connectivity index (χ0) is 15.9. The lowest BCUT2D eigenvalue weighted by molar-refractivity contribution is 0.282. The van der Waals surface area contributed by atoms with Gasteiger partial charge in [0.15, 0.2) is 0 Å². The van der Waals surface area contributed by atoms with Crippen LogP contribution in [0.3, 0.4) is 0 Å². The van der Waals surface area contributed by atoms with Crippen LogP contribution < -0.4 is 10.9 Å². The van der Waals surface area contributed by atoms with Crippen LogP contribution in [0.1, 0.15) is 6.42 Å². The number of aliphatic hydroxyl groups excluding tert-OH is 1. The second-order valence-corrected chi connectivity index (χ2v) is 6.02. The van der Waals surface area contributed by atoms with Crippen molar-refractivity contribution in [3.8, 4) is 5.69 Å². The first-order chi connectivity index (χ1) is 10.7. The standard InChI is InChI=1S/C15H18ClN3O2S/c1-22-10-11(7-8-20)18-13-9-17-19(15(21)14(13)16)12-5-3-2-4-6-12/h2-6,9,11,18,20H,7-8,10H2,1H3. The van der Waals surface area contributed by atoms with E-state index >= 15 is 0 Å². The quantitative estimate of drug-likeness (QED) is 0.811. The summed E-state index contributed by atoms with van der Waals surface area (Å²) in [5.74, 6) is 0.804. The highest BCUT2D eigenvalue weighted by atomic mass is 35.5. The molecule has 0 saturated heterocycles. The molecular formula is C15H18ClN3O2S. The number of aliphatic hydroxyl groups is 1. The Labute approximate surface area is 138 Å². The molecule has 0 aliphatic heterocycles. The SMILES string of the molecule is CSCC(CCO)Nc1cnn(-c2ccccc2)c(=O)c1Cl. The zero-order valence-corrected chi connectivity index (χ0v) is 13.8. The minimum atomic E-state index is -0.371. The smallest absolute Gasteiger partial charge is 0.292 e. The summed E-state index contributed by atoms with van der Waals surface area (Å²) in [6, 6.07) is 9.15. The van der Waals surface area contributed by atoms with Crippen molar-refractivity contribution in [1.29, 1.82) is 0 Å². The predicted molar refractivity (Wildman–Crippen MR) is 92.3 cm³/mol. The van der Waals surface area contributed by atoms with E-state index in [2.05, 4.69) is 10.4 Å². The second-order valence-electron chi connectivity index (χ2n) is 4.73. The lowest BCUT2D eigenvalue weighted by Crippen LogP contribution is -2.27. The molecule has 7 heteroatoms. The van der Waals surface area contributed by atoms with Gasteiger partial charge in [-0.3, -0.25) is 4.79 Å². The van der Waals surface area contributed by atoms with Crippen molar-refractivity contribution in [1.82, 2.24) is 9.78 Å². The number of hydrogen-bond acceptors (Lipinski definition) is 5. The third-order valence-corrected chi connectivity index (χ3v) is 4.23. The van der Waals surface area contributed by atoms with Gasteiger partial charge < -0.3 is 10.4 Å². The summed E-state index contributed by atoms with van der Waals surface area (Å²) in [7, 11) is 0. The van der Waals surface area contributed by atoms with Gasteiger partial charge >= 0.3 is 0 Å². The predicted octanol–water partition coefficient (Wildman–Crippen LogP) is 2.41. The molecule has 2 N–H and O–H groups in total. The van der Waals surface area contributed by atoms with Gasteiger partial charge in [0.1, 0.15) is 5.02 Å². The number of anilines is 1. The van der Waals surface area contributed by atoms with Crippen molar-refractivity contribution < 1.29 is 5.11 Å². The van der Waals surface area contributed by atoms with Crippen molar-refractivity contribution in [2.24, 2.45) is 0 Å². The Morgan fingerprint density at radius 3 is 2.77 bits per heavy atom. The van der Waals surface area contributed by atoms with Gasteiger partial charge in [-0.25, -0.2) is 0 Å². The minimum absolute atomic E-state index is 0.0336. The second kappa shape index (κ2) is 8.22. The number of benzene rings is 1. The van der Waals surface area contributed by atoms with E-state index in [9.17, 15) is 4.79 Å². The molecular weight excluding hydrogens is 322 g/mol. The van der Waals surface area contributed by atoms with Crippen LogP contribution in [0.2, 0.25) is 5.02 Å². The summed E-state index contributed by atoms with van der Waals surface area (Å²) in [5.41, 5.74) is 0.785. The van der Waals surface area contributed by atoms with Crippen LogP contribution in [0.4, 0.5) is 5.69 Å². The van der Waals surface area contributed by atoms with Crippen LogP contribution in [0, 0.1) is 0 Å². The number of aromatic nitrogens is 2. The Morgan fingerprint density at radius 2 is 2.14 bits per heavy atom. The zero-order valence-electron chi connectivity index (χ0n) is 12.2. The van der Waals surface area contributed by atoms with Crippen LogP contribution in [-0.4, -0.2) is 39.5 Å². The molecule has 1 aromatic heterocycles. The molecule has 0 saturated carbocycles. The fourth-order valence-electron chi connectivity index (χ4n) is 2.06. The van der Waals surface area contributed by atoms with Crippen molar-refractivity contribution in [3.63, 3.8) is 0 Å². The van der Waals surface area contributed by atoms with E-state index in [4.69, 9.17) is 16.7 Å². The summed E-state index contributed by atoms with van der Waals surface area (Å²) >= 11 is 7.85. The molecule has 1 heterocycles. The number of nitrogens with one attached hydrogen (secondary N) is 1. The summed E-state index contributed by atoms with van der Waals surface area (Å²) in [4.78, 5) is 12.4. The average molecular weight is 340 g/mol. The maximum Gasteiger partial charge on any atom is 0.292 e. The first-order valence-corrected chi connectivity index (χ1v) is 8.64. The number of hydrogen-bond donors (Lipinski definition) is 2. The third kappa shape index (κ3) is 4.03. The molecule has 1 aromatic carbocycles. The number of rotatable bonds is 7. The molecule has 5 nitrogen and oxygen atoms in total. The Bertz CT molecular complexity index is 658. The topological polar surface area (TPSA) is 67.2 Å². The molecule has 1 unspecified atom stereocenters. The Morgan fingerprint density at radius 1 is 1.41 bits per heavy atom. The molecule has 2 rings (SSSR count). The molecule has 22 heavy (non-hydrogen) atoms. The van der Waals surface area contributed by atoms with Crippen LogP contribution in [0.5, 0.6) is 0 Å². The number of halogens is 1. The van der Waals surface area contributed by atoms with Crippen LogP contribution in [0.25, 0.3) is 5.69 Å². The molecule has 0 aliphatic carbocycles. The molecule has 118 valence electrons. The van der Waals surface area contributed by atoms with E-state index in [-0.39, 0.29) is 23.2 Å². The van der Waals surface area contributed by atoms with Crippen LogP contribution in [-0.2, 0) is 0 Å². The van der Waals surface area contributed by atoms with Crippen LogP contribution in [0.15, 0.2) is 41.3 Å². The van der Waals surface area contributed by atoms with E-state index < -0.39 is 0 Å². The van der Waals surface area contributed by atoms with Gasteiger partial charge in [-0.1, -0.05) is 29.8 Å². The van der Waals surface area contributed by atoms with E-state index in [0.717, 1.165) is 5.75 Å². The Kier molecular flexibility index (Phi) is 6.30. The number of nitrogens with zero attached hydrogens (tertiary/aromatic N) is 2. The molecule has 0 aliphatic rings. The summed E-state index contributed by atoms with van der Waals surface area (Å²) in [6.45, 7) is 0.0738. The van der Waals surface area contributed by atoms with Gasteiger partial charge in [-0.2, -0.15) is 21.5 Å². The highest BCUT2D eigenvalue weighted by Crippen LogP contribution is 2.19. The minimum Gasteiger partial charge on any atom is -0.396 e. The average Bonchev–Trinajstić information content (AvgIpc) is 2.53. The summed E-state index contributed by atoms with van der Waals surface area (Å²) in [6.07, 6.45) is 4.11. The van der Waals surface area contributed by atoms with Crippen molar-refractivity contribution in [2.45, 2.75) is 12.5 Å². The fourth-order valence-corrected chi connectivity index (χ4v) is 2.90. The van der Waals surface area contributed by atoms with E-state index in [1.807, 2.05) is 24.5 Å². The van der Waals surface area contributed by atoms with Gasteiger partial charge in [0.2, 0.25) is 0 Å². The van der Waals surface area contributed by atoms with Gasteiger partial charge in [0.05, 0.1) is 17.6 Å². The maximum absolute atomic E-state index is 12.4. The van der Waals surface area contributed by atoms with Gasteiger partial charge in [-0.15, -0.1) is 0 Å². The normalized spacial score (nSPS) is 12.1. The van der Waals surface area contributed by atoms with E-state index in [0.29, 0.717) is 17.8 Å². The number of para-hydroxylation sites is 1. The lowest BCUT2D eigenvalue weighted by atomic mass is 10.2. The monoisotopic (exact) mass is 339 g/mol. The molecule has 2 aromatic rings. The molecule has 0 amide bonds. The molecule has 1 atom stereocenters. The molecule has 0 radical (unpaired) electrons. The highest BCUT2D eigenvalue weighted by molar-refractivity contribution is 7.98. The third-order valence-electron chi connectivity index (χ3n) is 3.12. The Hall–Kier alpha value is -1.50. The Balaban J connectivity index is 2.29. The van der Waals surface area contributed by atoms with Gasteiger partial charge in [-0.05, 0) is 24.8 Å².